The maximum absolute atomic E-state index is 12.7. The van der Waals surface area contributed by atoms with Crippen molar-refractivity contribution in [2.75, 3.05) is 0 Å². The maximum atomic E-state index is 12.7. The van der Waals surface area contributed by atoms with E-state index in [1.165, 1.54) is 0 Å². The quantitative estimate of drug-likeness (QED) is 0.572. The first-order valence-corrected chi connectivity index (χ1v) is 4.27. The third kappa shape index (κ3) is 1.63. The fourth-order valence-corrected chi connectivity index (χ4v) is 1.22. The Morgan fingerprint density at radius 1 is 1.33 bits per heavy atom. The highest BCUT2D eigenvalue weighted by Crippen LogP contribution is 2.21. The molecule has 0 saturated carbocycles. The number of hydrogen-bond donors (Lipinski definition) is 1. The molecule has 1 rings (SSSR count). The minimum atomic E-state index is -2.53. The number of rotatable bonds is 1. The zero-order chi connectivity index (χ0) is 9.30. The second-order valence-corrected chi connectivity index (χ2v) is 3.27. The van der Waals surface area contributed by atoms with E-state index in [1.54, 1.807) is 0 Å². The van der Waals surface area contributed by atoms with Crippen LogP contribution in [0, 0.1) is 11.6 Å². The molecule has 0 fully saturated rings. The predicted molar refractivity (Wildman–Crippen MR) is 40.4 cm³/mol. The molecule has 1 aromatic rings. The molecule has 1 N–H and O–H groups in total. The predicted octanol–water partition coefficient (Wildman–Crippen LogP) is 2.20. The monoisotopic (exact) mass is 212 g/mol. The Hall–Kier alpha value is -0.520. The van der Waals surface area contributed by atoms with Crippen LogP contribution in [0.25, 0.3) is 0 Å². The van der Waals surface area contributed by atoms with Crippen LogP contribution >= 0.6 is 11.6 Å². The first kappa shape index (κ1) is 9.57. The summed E-state index contributed by atoms with van der Waals surface area (Å²) in [6.45, 7) is 0. The lowest BCUT2D eigenvalue weighted by atomic mass is 10.3. The van der Waals surface area contributed by atoms with Gasteiger partial charge in [-0.3, -0.25) is 0 Å². The van der Waals surface area contributed by atoms with E-state index in [0.717, 1.165) is 12.1 Å². The van der Waals surface area contributed by atoms with Gasteiger partial charge in [-0.1, -0.05) is 11.6 Å². The van der Waals surface area contributed by atoms with Crippen molar-refractivity contribution in [2.24, 2.45) is 0 Å². The van der Waals surface area contributed by atoms with E-state index in [0.29, 0.717) is 0 Å². The Morgan fingerprint density at radius 3 is 2.42 bits per heavy atom. The molecule has 12 heavy (non-hydrogen) atoms. The minimum Gasteiger partial charge on any atom is -0.302 e. The van der Waals surface area contributed by atoms with Crippen LogP contribution in [0.15, 0.2) is 17.0 Å². The zero-order valence-corrected chi connectivity index (χ0v) is 7.12. The summed E-state index contributed by atoms with van der Waals surface area (Å²) in [5, 5.41) is -0.415. The molecule has 0 spiro atoms. The Bertz CT molecular complexity index is 343. The van der Waals surface area contributed by atoms with E-state index in [2.05, 4.69) is 0 Å². The average Bonchev–Trinajstić information content (AvgIpc) is 2.00. The normalized spacial score (nSPS) is 13.0. The minimum absolute atomic E-state index is 0.415. The Morgan fingerprint density at radius 2 is 1.92 bits per heavy atom. The third-order valence-corrected chi connectivity index (χ3v) is 2.17. The molecule has 0 heterocycles. The Kier molecular flexibility index (Phi) is 2.76. The molecule has 6 heteroatoms. The Labute approximate surface area is 74.4 Å². The molecule has 1 atom stereocenters. The van der Waals surface area contributed by atoms with Crippen molar-refractivity contribution in [1.82, 2.24) is 0 Å². The van der Waals surface area contributed by atoms with Crippen LogP contribution in [0.1, 0.15) is 0 Å². The van der Waals surface area contributed by atoms with Gasteiger partial charge in [0.1, 0.15) is 4.90 Å². The number of hydrogen-bond acceptors (Lipinski definition) is 1. The van der Waals surface area contributed by atoms with Gasteiger partial charge in [0.05, 0.1) is 5.02 Å². The van der Waals surface area contributed by atoms with Crippen molar-refractivity contribution < 1.29 is 17.5 Å². The van der Waals surface area contributed by atoms with Gasteiger partial charge in [0.25, 0.3) is 0 Å². The second kappa shape index (κ2) is 3.47. The fourth-order valence-electron chi connectivity index (χ4n) is 0.643. The van der Waals surface area contributed by atoms with Gasteiger partial charge >= 0.3 is 0 Å². The first-order chi connectivity index (χ1) is 5.54. The average molecular weight is 213 g/mol. The summed E-state index contributed by atoms with van der Waals surface area (Å²) < 4.78 is 44.1. The summed E-state index contributed by atoms with van der Waals surface area (Å²) in [7, 11) is 0. The molecule has 0 aliphatic rings. The molecule has 0 saturated heterocycles. The summed E-state index contributed by atoms with van der Waals surface area (Å²) in [6.07, 6.45) is 0. The first-order valence-electron chi connectivity index (χ1n) is 2.78. The number of halogens is 3. The standard InChI is InChI=1S/C6H3ClF2O2S/c7-3-1-2-4(12(10)11)6(9)5(3)8/h1-2H,(H,10,11). The lowest BCUT2D eigenvalue weighted by Gasteiger charge is -1.99. The van der Waals surface area contributed by atoms with Crippen molar-refractivity contribution in [3.8, 4) is 0 Å². The van der Waals surface area contributed by atoms with Crippen LogP contribution in [0.4, 0.5) is 8.78 Å². The van der Waals surface area contributed by atoms with Gasteiger partial charge in [-0.15, -0.1) is 0 Å². The molecular formula is C6H3ClF2O2S. The van der Waals surface area contributed by atoms with Crippen LogP contribution in [0.3, 0.4) is 0 Å². The fraction of sp³-hybridized carbons (Fsp3) is 0. The zero-order valence-electron chi connectivity index (χ0n) is 5.55. The molecule has 0 bridgehead atoms. The van der Waals surface area contributed by atoms with Crippen molar-refractivity contribution in [1.29, 1.82) is 0 Å². The molecule has 2 nitrogen and oxygen atoms in total. The van der Waals surface area contributed by atoms with Gasteiger partial charge < -0.3 is 4.55 Å². The van der Waals surface area contributed by atoms with Crippen molar-refractivity contribution in [3.05, 3.63) is 28.8 Å². The second-order valence-electron chi connectivity index (χ2n) is 1.92. The van der Waals surface area contributed by atoms with E-state index in [-0.39, 0.29) is 0 Å². The largest absolute Gasteiger partial charge is 0.302 e. The topological polar surface area (TPSA) is 37.3 Å². The SMILES string of the molecule is O=S(O)c1ccc(Cl)c(F)c1F. The van der Waals surface area contributed by atoms with Crippen LogP contribution in [0.5, 0.6) is 0 Å². The van der Waals surface area contributed by atoms with E-state index in [4.69, 9.17) is 16.2 Å². The van der Waals surface area contributed by atoms with Crippen molar-refractivity contribution >= 4 is 22.7 Å². The summed E-state index contributed by atoms with van der Waals surface area (Å²) >= 11 is 2.66. The molecule has 0 radical (unpaired) electrons. The van der Waals surface area contributed by atoms with Gasteiger partial charge in [0.15, 0.2) is 22.7 Å². The lowest BCUT2D eigenvalue weighted by Crippen LogP contribution is -1.96. The molecule has 66 valence electrons. The van der Waals surface area contributed by atoms with Gasteiger partial charge in [0.2, 0.25) is 0 Å². The highest BCUT2D eigenvalue weighted by Gasteiger charge is 2.15. The third-order valence-electron chi connectivity index (χ3n) is 1.19. The molecule has 0 aliphatic heterocycles. The molecule has 0 aliphatic carbocycles. The van der Waals surface area contributed by atoms with E-state index in [1.807, 2.05) is 0 Å². The summed E-state index contributed by atoms with van der Waals surface area (Å²) in [6, 6.07) is 1.97. The van der Waals surface area contributed by atoms with E-state index in [9.17, 15) is 13.0 Å². The van der Waals surface area contributed by atoms with Gasteiger partial charge in [0, 0.05) is 0 Å². The van der Waals surface area contributed by atoms with Crippen LogP contribution in [-0.4, -0.2) is 8.76 Å². The van der Waals surface area contributed by atoms with Crippen molar-refractivity contribution in [2.45, 2.75) is 4.90 Å². The van der Waals surface area contributed by atoms with Gasteiger partial charge in [-0.25, -0.2) is 13.0 Å². The highest BCUT2D eigenvalue weighted by atomic mass is 35.5. The van der Waals surface area contributed by atoms with Crippen molar-refractivity contribution in [3.63, 3.8) is 0 Å². The van der Waals surface area contributed by atoms with Crippen LogP contribution < -0.4 is 0 Å². The maximum Gasteiger partial charge on any atom is 0.189 e. The summed E-state index contributed by atoms with van der Waals surface area (Å²) in [5.41, 5.74) is 0. The molecule has 0 amide bonds. The van der Waals surface area contributed by atoms with E-state index < -0.39 is 32.6 Å². The van der Waals surface area contributed by atoms with E-state index >= 15 is 0 Å². The Balaban J connectivity index is 3.36. The summed E-state index contributed by atoms with van der Waals surface area (Å²) in [4.78, 5) is -0.614. The molecule has 1 aromatic carbocycles. The van der Waals surface area contributed by atoms with Crippen LogP contribution in [-0.2, 0) is 11.1 Å². The van der Waals surface area contributed by atoms with Gasteiger partial charge in [-0.05, 0) is 12.1 Å². The summed E-state index contributed by atoms with van der Waals surface area (Å²) in [5.74, 6) is -2.69. The van der Waals surface area contributed by atoms with Crippen LogP contribution in [0.2, 0.25) is 5.02 Å². The molecule has 0 aromatic heterocycles. The molecular weight excluding hydrogens is 210 g/mol. The molecule has 1 unspecified atom stereocenters. The highest BCUT2D eigenvalue weighted by molar-refractivity contribution is 7.79. The smallest absolute Gasteiger partial charge is 0.189 e. The number of benzene rings is 1. The van der Waals surface area contributed by atoms with Gasteiger partial charge in [-0.2, -0.15) is 0 Å². The lowest BCUT2D eigenvalue weighted by molar-refractivity contribution is 0.481.